The Morgan fingerprint density at radius 2 is 1.23 bits per heavy atom. The van der Waals surface area contributed by atoms with Crippen LogP contribution in [0, 0.1) is 0 Å². The fourth-order valence-corrected chi connectivity index (χ4v) is 2.05. The van der Waals surface area contributed by atoms with Gasteiger partial charge in [0.05, 0.1) is 14.2 Å². The van der Waals surface area contributed by atoms with Gasteiger partial charge in [-0.1, -0.05) is 6.58 Å². The third-order valence-corrected chi connectivity index (χ3v) is 3.44. The quantitative estimate of drug-likeness (QED) is 0.480. The Labute approximate surface area is 152 Å². The van der Waals surface area contributed by atoms with E-state index in [0.29, 0.717) is 11.5 Å². The first kappa shape index (κ1) is 19.2. The molecule has 2 rings (SSSR count). The third kappa shape index (κ3) is 6.05. The van der Waals surface area contributed by atoms with Crippen LogP contribution in [-0.4, -0.2) is 39.5 Å². The largest absolute Gasteiger partial charge is 0.497 e. The maximum Gasteiger partial charge on any atom is 0.330 e. The number of rotatable bonds is 10. The van der Waals surface area contributed by atoms with E-state index in [1.165, 1.54) is 0 Å². The van der Waals surface area contributed by atoms with Crippen molar-refractivity contribution in [3.05, 3.63) is 61.2 Å². The highest BCUT2D eigenvalue weighted by Crippen LogP contribution is 2.19. The van der Waals surface area contributed by atoms with Crippen LogP contribution in [-0.2, 0) is 9.53 Å². The summed E-state index contributed by atoms with van der Waals surface area (Å²) < 4.78 is 26.8. The molecule has 26 heavy (non-hydrogen) atoms. The first-order chi connectivity index (χ1) is 12.6. The maximum absolute atomic E-state index is 11.5. The van der Waals surface area contributed by atoms with E-state index in [-0.39, 0.29) is 13.2 Å². The lowest BCUT2D eigenvalue weighted by Crippen LogP contribution is -2.30. The predicted molar refractivity (Wildman–Crippen MR) is 97.1 cm³/mol. The molecule has 0 bridgehead atoms. The summed E-state index contributed by atoms with van der Waals surface area (Å²) >= 11 is 0. The van der Waals surface area contributed by atoms with Crippen LogP contribution in [0.15, 0.2) is 61.2 Å². The minimum Gasteiger partial charge on any atom is -0.497 e. The van der Waals surface area contributed by atoms with Crippen molar-refractivity contribution in [2.24, 2.45) is 0 Å². The zero-order valence-electron chi connectivity index (χ0n) is 14.8. The molecule has 0 unspecified atom stereocenters. The van der Waals surface area contributed by atoms with Crippen LogP contribution in [0.3, 0.4) is 0 Å². The Morgan fingerprint density at radius 1 is 0.846 bits per heavy atom. The number of hydrogen-bond donors (Lipinski definition) is 0. The molecule has 0 aliphatic heterocycles. The van der Waals surface area contributed by atoms with Crippen molar-refractivity contribution < 1.29 is 28.5 Å². The lowest BCUT2D eigenvalue weighted by atomic mass is 10.3. The topological polar surface area (TPSA) is 63.2 Å². The van der Waals surface area contributed by atoms with Gasteiger partial charge in [0.15, 0.2) is 6.10 Å². The number of ether oxygens (including phenoxy) is 5. The zero-order valence-corrected chi connectivity index (χ0v) is 14.8. The highest BCUT2D eigenvalue weighted by molar-refractivity contribution is 5.81. The number of hydrogen-bond acceptors (Lipinski definition) is 6. The highest BCUT2D eigenvalue weighted by Gasteiger charge is 2.15. The summed E-state index contributed by atoms with van der Waals surface area (Å²) in [5, 5.41) is 0. The van der Waals surface area contributed by atoms with E-state index in [9.17, 15) is 4.79 Å². The lowest BCUT2D eigenvalue weighted by Gasteiger charge is -2.18. The highest BCUT2D eigenvalue weighted by atomic mass is 16.6. The fourth-order valence-electron chi connectivity index (χ4n) is 2.05. The van der Waals surface area contributed by atoms with Gasteiger partial charge in [0.2, 0.25) is 0 Å². The monoisotopic (exact) mass is 358 g/mol. The third-order valence-electron chi connectivity index (χ3n) is 3.44. The Bertz CT molecular complexity index is 642. The van der Waals surface area contributed by atoms with Gasteiger partial charge < -0.3 is 23.7 Å². The summed E-state index contributed by atoms with van der Waals surface area (Å²) in [6.45, 7) is 3.69. The molecule has 2 aromatic carbocycles. The van der Waals surface area contributed by atoms with Gasteiger partial charge in [-0.25, -0.2) is 4.79 Å². The van der Waals surface area contributed by atoms with Gasteiger partial charge in [-0.2, -0.15) is 0 Å². The molecule has 0 heterocycles. The van der Waals surface area contributed by atoms with E-state index in [0.717, 1.165) is 17.6 Å². The van der Waals surface area contributed by atoms with Crippen LogP contribution in [0.1, 0.15) is 0 Å². The van der Waals surface area contributed by atoms with Crippen LogP contribution < -0.4 is 18.9 Å². The molecule has 0 saturated heterocycles. The van der Waals surface area contributed by atoms with Gasteiger partial charge in [0.1, 0.15) is 36.2 Å². The second kappa shape index (κ2) is 9.98. The molecular formula is C20H22O6. The SMILES string of the molecule is C=CC(=O)OC(COc1ccc(OC)cc1)COc1ccc(OC)cc1. The van der Waals surface area contributed by atoms with E-state index >= 15 is 0 Å². The average molecular weight is 358 g/mol. The lowest BCUT2D eigenvalue weighted by molar-refractivity contribution is -0.146. The summed E-state index contributed by atoms with van der Waals surface area (Å²) in [4.78, 5) is 11.5. The molecule has 0 radical (unpaired) electrons. The van der Waals surface area contributed by atoms with Crippen LogP contribution in [0.4, 0.5) is 0 Å². The normalized spacial score (nSPS) is 10.1. The summed E-state index contributed by atoms with van der Waals surface area (Å²) in [5.74, 6) is 2.20. The number of carbonyl (C=O) groups excluding carboxylic acids is 1. The Balaban J connectivity index is 1.92. The van der Waals surface area contributed by atoms with Crippen molar-refractivity contribution in [2.75, 3.05) is 27.4 Å². The van der Waals surface area contributed by atoms with E-state index in [4.69, 9.17) is 23.7 Å². The van der Waals surface area contributed by atoms with E-state index < -0.39 is 12.1 Å². The number of esters is 1. The second-order valence-corrected chi connectivity index (χ2v) is 5.24. The Kier molecular flexibility index (Phi) is 7.36. The molecule has 0 saturated carbocycles. The molecular weight excluding hydrogens is 336 g/mol. The van der Waals surface area contributed by atoms with Crippen LogP contribution in [0.2, 0.25) is 0 Å². The summed E-state index contributed by atoms with van der Waals surface area (Å²) in [6.07, 6.45) is 0.512. The molecule has 0 aliphatic carbocycles. The van der Waals surface area contributed by atoms with E-state index in [1.807, 2.05) is 0 Å². The van der Waals surface area contributed by atoms with E-state index in [2.05, 4.69) is 6.58 Å². The summed E-state index contributed by atoms with van der Waals surface area (Å²) in [5.41, 5.74) is 0. The molecule has 2 aromatic rings. The molecule has 0 aliphatic rings. The van der Waals surface area contributed by atoms with Crippen molar-refractivity contribution in [1.82, 2.24) is 0 Å². The Morgan fingerprint density at radius 3 is 1.58 bits per heavy atom. The van der Waals surface area contributed by atoms with Gasteiger partial charge in [0.25, 0.3) is 0 Å². The average Bonchev–Trinajstić information content (AvgIpc) is 2.70. The molecule has 0 atom stereocenters. The smallest absolute Gasteiger partial charge is 0.330 e. The molecule has 0 aromatic heterocycles. The van der Waals surface area contributed by atoms with E-state index in [1.54, 1.807) is 62.8 Å². The van der Waals surface area contributed by atoms with Crippen molar-refractivity contribution >= 4 is 5.97 Å². The summed E-state index contributed by atoms with van der Waals surface area (Å²) in [7, 11) is 3.19. The molecule has 6 nitrogen and oxygen atoms in total. The van der Waals surface area contributed by atoms with Gasteiger partial charge in [-0.3, -0.25) is 0 Å². The van der Waals surface area contributed by atoms with Gasteiger partial charge >= 0.3 is 5.97 Å². The summed E-state index contributed by atoms with van der Waals surface area (Å²) in [6, 6.07) is 14.2. The molecule has 0 spiro atoms. The van der Waals surface area contributed by atoms with Gasteiger partial charge in [0, 0.05) is 6.08 Å². The van der Waals surface area contributed by atoms with Crippen LogP contribution in [0.25, 0.3) is 0 Å². The second-order valence-electron chi connectivity index (χ2n) is 5.24. The number of methoxy groups -OCH3 is 2. The Hall–Kier alpha value is -3.15. The van der Waals surface area contributed by atoms with Crippen molar-refractivity contribution in [2.45, 2.75) is 6.10 Å². The first-order valence-electron chi connectivity index (χ1n) is 8.01. The molecule has 0 amide bonds. The maximum atomic E-state index is 11.5. The number of carbonyl (C=O) groups is 1. The minimum absolute atomic E-state index is 0.141. The molecule has 0 N–H and O–H groups in total. The standard InChI is InChI=1S/C20H22O6/c1-4-20(21)26-19(13-24-17-9-5-15(22-2)6-10-17)14-25-18-11-7-16(23-3)8-12-18/h4-12,19H,1,13-14H2,2-3H3. The van der Waals surface area contributed by atoms with Crippen molar-refractivity contribution in [3.63, 3.8) is 0 Å². The minimum atomic E-state index is -0.593. The van der Waals surface area contributed by atoms with Gasteiger partial charge in [-0.15, -0.1) is 0 Å². The number of benzene rings is 2. The van der Waals surface area contributed by atoms with Crippen molar-refractivity contribution in [3.8, 4) is 23.0 Å². The zero-order chi connectivity index (χ0) is 18.8. The van der Waals surface area contributed by atoms with Crippen molar-refractivity contribution in [1.29, 1.82) is 0 Å². The van der Waals surface area contributed by atoms with Gasteiger partial charge in [-0.05, 0) is 48.5 Å². The molecule has 6 heteroatoms. The van der Waals surface area contributed by atoms with Crippen LogP contribution >= 0.6 is 0 Å². The van der Waals surface area contributed by atoms with Crippen LogP contribution in [0.5, 0.6) is 23.0 Å². The first-order valence-corrected chi connectivity index (χ1v) is 8.01. The molecule has 138 valence electrons. The molecule has 0 fully saturated rings. The predicted octanol–water partition coefficient (Wildman–Crippen LogP) is 3.26. The fraction of sp³-hybridized carbons (Fsp3) is 0.250.